The van der Waals surface area contributed by atoms with Gasteiger partial charge in [0.05, 0.1) is 25.7 Å². The number of aromatic nitrogens is 1. The van der Waals surface area contributed by atoms with Crippen molar-refractivity contribution in [3.8, 4) is 0 Å². The van der Waals surface area contributed by atoms with Crippen molar-refractivity contribution in [1.82, 2.24) is 4.68 Å². The summed E-state index contributed by atoms with van der Waals surface area (Å²) in [7, 11) is 0. The number of morpholine rings is 1. The minimum Gasteiger partial charge on any atom is -0.481 e. The van der Waals surface area contributed by atoms with Crippen LogP contribution in [0.3, 0.4) is 0 Å². The summed E-state index contributed by atoms with van der Waals surface area (Å²) in [6.45, 7) is 6.82. The van der Waals surface area contributed by atoms with E-state index in [0.29, 0.717) is 30.9 Å². The van der Waals surface area contributed by atoms with Crippen molar-refractivity contribution in [3.63, 3.8) is 0 Å². The average Bonchev–Trinajstić information content (AvgIpc) is 2.68. The van der Waals surface area contributed by atoms with Crippen LogP contribution in [0.25, 0.3) is 0 Å². The van der Waals surface area contributed by atoms with Crippen molar-refractivity contribution in [3.05, 3.63) is 63.6 Å². The Balaban J connectivity index is 1.83. The first-order valence-electron chi connectivity index (χ1n) is 9.08. The van der Waals surface area contributed by atoms with Crippen LogP contribution in [0.2, 0.25) is 0 Å². The first-order valence-corrected chi connectivity index (χ1v) is 9.08. The second kappa shape index (κ2) is 8.26. The van der Waals surface area contributed by atoms with Crippen LogP contribution in [0.5, 0.6) is 0 Å². The molecular formula is C20H25N3O4. The fraction of sp³-hybridized carbons (Fsp3) is 0.400. The molecule has 1 aliphatic heterocycles. The Morgan fingerprint density at radius 2 is 1.96 bits per heavy atom. The lowest BCUT2D eigenvalue weighted by atomic mass is 9.99. The molecule has 0 saturated carbocycles. The fourth-order valence-corrected chi connectivity index (χ4v) is 3.36. The molecule has 3 rings (SSSR count). The summed E-state index contributed by atoms with van der Waals surface area (Å²) in [4.78, 5) is 26.4. The zero-order valence-corrected chi connectivity index (χ0v) is 15.6. The molecule has 144 valence electrons. The Morgan fingerprint density at radius 1 is 1.26 bits per heavy atom. The zero-order valence-electron chi connectivity index (χ0n) is 15.6. The Bertz CT molecular complexity index is 872. The highest BCUT2D eigenvalue weighted by Gasteiger charge is 2.21. The molecule has 1 atom stereocenters. The predicted molar refractivity (Wildman–Crippen MR) is 104 cm³/mol. The van der Waals surface area contributed by atoms with Gasteiger partial charge >= 0.3 is 5.97 Å². The number of benzene rings is 1. The largest absolute Gasteiger partial charge is 0.481 e. The van der Waals surface area contributed by atoms with Gasteiger partial charge in [0, 0.05) is 30.5 Å². The van der Waals surface area contributed by atoms with Gasteiger partial charge in [0.1, 0.15) is 0 Å². The molecule has 0 aliphatic carbocycles. The highest BCUT2D eigenvalue weighted by molar-refractivity contribution is 5.75. The number of para-hydroxylation sites is 1. The molecule has 1 aliphatic rings. The smallest absolute Gasteiger partial charge is 0.310 e. The molecule has 1 fully saturated rings. The van der Waals surface area contributed by atoms with E-state index in [-0.39, 0.29) is 5.56 Å². The van der Waals surface area contributed by atoms with Crippen LogP contribution in [-0.4, -0.2) is 42.1 Å². The molecule has 0 amide bonds. The summed E-state index contributed by atoms with van der Waals surface area (Å²) >= 11 is 0. The van der Waals surface area contributed by atoms with E-state index in [0.717, 1.165) is 24.3 Å². The monoisotopic (exact) mass is 371 g/mol. The van der Waals surface area contributed by atoms with E-state index in [2.05, 4.69) is 16.4 Å². The van der Waals surface area contributed by atoms with Crippen LogP contribution in [0.4, 0.5) is 5.69 Å². The van der Waals surface area contributed by atoms with Gasteiger partial charge in [-0.25, -0.2) is 4.68 Å². The summed E-state index contributed by atoms with van der Waals surface area (Å²) < 4.78 is 6.79. The van der Waals surface area contributed by atoms with Gasteiger partial charge < -0.3 is 20.2 Å². The lowest BCUT2D eigenvalue weighted by Gasteiger charge is -2.30. The van der Waals surface area contributed by atoms with Gasteiger partial charge in [-0.2, -0.15) is 0 Å². The van der Waals surface area contributed by atoms with E-state index < -0.39 is 11.9 Å². The van der Waals surface area contributed by atoms with Crippen LogP contribution in [0, 0.1) is 6.92 Å². The second-order valence-electron chi connectivity index (χ2n) is 6.71. The number of aryl methyl sites for hydroxylation is 1. The van der Waals surface area contributed by atoms with Crippen LogP contribution < -0.4 is 15.9 Å². The summed E-state index contributed by atoms with van der Waals surface area (Å²) in [6.07, 6.45) is 1.65. The van der Waals surface area contributed by atoms with Crippen molar-refractivity contribution in [2.45, 2.75) is 26.3 Å². The zero-order chi connectivity index (χ0) is 19.4. The van der Waals surface area contributed by atoms with E-state index in [1.165, 1.54) is 11.6 Å². The van der Waals surface area contributed by atoms with Gasteiger partial charge in [0.2, 0.25) is 0 Å². The number of aliphatic carboxylic acids is 1. The number of hydrogen-bond donors (Lipinski definition) is 2. The summed E-state index contributed by atoms with van der Waals surface area (Å²) in [5, 5.41) is 9.28. The van der Waals surface area contributed by atoms with Crippen molar-refractivity contribution < 1.29 is 14.6 Å². The predicted octanol–water partition coefficient (Wildman–Crippen LogP) is 1.93. The number of carboxylic acids is 1. The molecular weight excluding hydrogens is 346 g/mol. The number of nitrogens with zero attached hydrogens (tertiary/aromatic N) is 2. The molecule has 2 heterocycles. The molecule has 0 radical (unpaired) electrons. The molecule has 2 N–H and O–H groups in total. The van der Waals surface area contributed by atoms with Gasteiger partial charge in [0.15, 0.2) is 0 Å². The minimum absolute atomic E-state index is 0.305. The van der Waals surface area contributed by atoms with Gasteiger partial charge in [-0.3, -0.25) is 9.59 Å². The highest BCUT2D eigenvalue weighted by Crippen LogP contribution is 2.21. The first-order chi connectivity index (χ1) is 13.0. The lowest BCUT2D eigenvalue weighted by molar-refractivity contribution is -0.138. The van der Waals surface area contributed by atoms with Crippen molar-refractivity contribution in [2.24, 2.45) is 0 Å². The molecule has 1 aromatic carbocycles. The quantitative estimate of drug-likeness (QED) is 0.807. The number of rotatable bonds is 6. The Kier molecular flexibility index (Phi) is 5.81. The number of carbonyl (C=O) groups is 1. The summed E-state index contributed by atoms with van der Waals surface area (Å²) in [5.74, 6) is -1.86. The first kappa shape index (κ1) is 19.0. The van der Waals surface area contributed by atoms with Gasteiger partial charge in [0.25, 0.3) is 5.56 Å². The number of nitrogens with one attached hydrogen (secondary N) is 1. The third-order valence-electron chi connectivity index (χ3n) is 4.93. The van der Waals surface area contributed by atoms with Crippen molar-refractivity contribution in [1.29, 1.82) is 0 Å². The van der Waals surface area contributed by atoms with Gasteiger partial charge in [-0.15, -0.1) is 0 Å². The Labute approximate surface area is 158 Å². The van der Waals surface area contributed by atoms with Gasteiger partial charge in [-0.05, 0) is 37.1 Å². The van der Waals surface area contributed by atoms with Crippen LogP contribution in [-0.2, 0) is 16.1 Å². The number of pyridine rings is 1. The molecule has 7 heteroatoms. The fourth-order valence-electron chi connectivity index (χ4n) is 3.36. The van der Waals surface area contributed by atoms with E-state index in [1.807, 2.05) is 18.2 Å². The summed E-state index contributed by atoms with van der Waals surface area (Å²) in [6, 6.07) is 9.82. The standard InChI is InChI=1S/C20H25N3O4/c1-14-7-8-23(19(24)18(14)15(2)20(25)26)21-13-16-5-3-4-6-17(16)22-9-11-27-12-10-22/h3-8,15,21H,9-13H2,1-2H3,(H,25,26). The third kappa shape index (κ3) is 4.14. The number of ether oxygens (including phenoxy) is 1. The molecule has 7 nitrogen and oxygen atoms in total. The molecule has 27 heavy (non-hydrogen) atoms. The Hall–Kier alpha value is -2.80. The maximum atomic E-state index is 12.8. The molecule has 2 aromatic rings. The van der Waals surface area contributed by atoms with Crippen molar-refractivity contribution in [2.75, 3.05) is 36.6 Å². The Morgan fingerprint density at radius 3 is 2.67 bits per heavy atom. The molecule has 1 saturated heterocycles. The maximum absolute atomic E-state index is 12.8. The van der Waals surface area contributed by atoms with E-state index in [9.17, 15) is 14.7 Å². The van der Waals surface area contributed by atoms with E-state index in [1.54, 1.807) is 19.2 Å². The molecule has 1 aromatic heterocycles. The van der Waals surface area contributed by atoms with Crippen LogP contribution in [0.1, 0.15) is 29.5 Å². The molecule has 1 unspecified atom stereocenters. The molecule has 0 bridgehead atoms. The normalized spacial score (nSPS) is 15.4. The van der Waals surface area contributed by atoms with E-state index in [4.69, 9.17) is 4.74 Å². The third-order valence-corrected chi connectivity index (χ3v) is 4.93. The van der Waals surface area contributed by atoms with Crippen molar-refractivity contribution >= 4 is 11.7 Å². The number of carboxylic acid groups (broad SMARTS) is 1. The van der Waals surface area contributed by atoms with E-state index >= 15 is 0 Å². The average molecular weight is 371 g/mol. The molecule has 0 spiro atoms. The lowest BCUT2D eigenvalue weighted by Crippen LogP contribution is -2.37. The minimum atomic E-state index is -1.01. The number of hydrogen-bond acceptors (Lipinski definition) is 5. The maximum Gasteiger partial charge on any atom is 0.310 e. The highest BCUT2D eigenvalue weighted by atomic mass is 16.5. The van der Waals surface area contributed by atoms with Crippen LogP contribution >= 0.6 is 0 Å². The second-order valence-corrected chi connectivity index (χ2v) is 6.71. The number of anilines is 1. The SMILES string of the molecule is Cc1ccn(NCc2ccccc2N2CCOCC2)c(=O)c1C(C)C(=O)O. The summed E-state index contributed by atoms with van der Waals surface area (Å²) in [5.41, 5.74) is 5.97. The van der Waals surface area contributed by atoms with Gasteiger partial charge in [-0.1, -0.05) is 18.2 Å². The topological polar surface area (TPSA) is 83.8 Å². The van der Waals surface area contributed by atoms with Crippen LogP contribution in [0.15, 0.2) is 41.3 Å².